The van der Waals surface area contributed by atoms with Crippen molar-refractivity contribution in [2.24, 2.45) is 28.8 Å². The molecule has 15 nitrogen and oxygen atoms in total. The van der Waals surface area contributed by atoms with Crippen molar-refractivity contribution in [3.8, 4) is 0 Å². The SMILES string of the molecule is CC[C@H]1OC(=O)[C@H](C)[C@@H](O[C@H]2C[C@@](C)(OC)[C@@H](O)[C@H](C)O2)[C@@H](C)[C@@H](O[C@@H]2O[C@H](C)C[C@H](N(C)C)[C@H]2O)[C@](C)(OC)C[C@@H](C)C(=NO)[C@H](C)[C@H](O)[C@]1(C)O. The van der Waals surface area contributed by atoms with Crippen molar-refractivity contribution >= 4 is 11.7 Å². The molecule has 0 amide bonds. The zero-order valence-corrected chi connectivity index (χ0v) is 34.4. The summed E-state index contributed by atoms with van der Waals surface area (Å²) in [5.74, 6) is -3.82. The Morgan fingerprint density at radius 2 is 1.49 bits per heavy atom. The molecule has 5 N–H and O–H groups in total. The molecule has 3 heterocycles. The third-order valence-corrected chi connectivity index (χ3v) is 12.4. The topological polar surface area (TPSA) is 198 Å². The molecule has 0 saturated carbocycles. The maximum Gasteiger partial charge on any atom is 0.311 e. The van der Waals surface area contributed by atoms with Crippen LogP contribution < -0.4 is 0 Å². The molecule has 3 fully saturated rings. The first-order chi connectivity index (χ1) is 24.5. The monoisotopic (exact) mass is 762 g/mol. The minimum absolute atomic E-state index is 0.128. The number of likely N-dealkylation sites (N-methyl/N-ethyl adjacent to an activating group) is 1. The van der Waals surface area contributed by atoms with E-state index in [9.17, 15) is 30.4 Å². The van der Waals surface area contributed by atoms with Crippen LogP contribution in [0.15, 0.2) is 5.16 Å². The molecule has 0 radical (unpaired) electrons. The number of methoxy groups -OCH3 is 2. The Kier molecular flexibility index (Phi) is 15.7. The van der Waals surface area contributed by atoms with Gasteiger partial charge in [0, 0.05) is 44.4 Å². The Morgan fingerprint density at radius 1 is 0.887 bits per heavy atom. The number of ether oxygens (including phenoxy) is 7. The number of carbonyl (C=O) groups is 1. The summed E-state index contributed by atoms with van der Waals surface area (Å²) in [6.07, 6.45) is -8.53. The first-order valence-corrected chi connectivity index (χ1v) is 19.1. The van der Waals surface area contributed by atoms with Crippen molar-refractivity contribution in [1.82, 2.24) is 4.90 Å². The summed E-state index contributed by atoms with van der Waals surface area (Å²) in [4.78, 5) is 16.2. The fourth-order valence-electron chi connectivity index (χ4n) is 8.78. The molecule has 0 aliphatic carbocycles. The van der Waals surface area contributed by atoms with Gasteiger partial charge in [0.2, 0.25) is 0 Å². The molecular formula is C38H70N2O13. The number of aliphatic hydroxyl groups is 4. The van der Waals surface area contributed by atoms with Gasteiger partial charge >= 0.3 is 5.97 Å². The number of esters is 1. The average molecular weight is 763 g/mol. The molecule has 0 spiro atoms. The second-order valence-electron chi connectivity index (χ2n) is 16.8. The third kappa shape index (κ3) is 9.73. The lowest BCUT2D eigenvalue weighted by Crippen LogP contribution is -2.61. The largest absolute Gasteiger partial charge is 0.459 e. The lowest BCUT2D eigenvalue weighted by molar-refractivity contribution is -0.319. The highest BCUT2D eigenvalue weighted by molar-refractivity contribution is 5.88. The molecule has 53 heavy (non-hydrogen) atoms. The van der Waals surface area contributed by atoms with Crippen molar-refractivity contribution in [2.75, 3.05) is 28.3 Å². The van der Waals surface area contributed by atoms with Crippen molar-refractivity contribution in [2.45, 2.75) is 179 Å². The van der Waals surface area contributed by atoms with Crippen LogP contribution in [0.25, 0.3) is 0 Å². The van der Waals surface area contributed by atoms with Gasteiger partial charge in [-0.05, 0) is 74.9 Å². The number of cyclic esters (lactones) is 1. The highest BCUT2D eigenvalue weighted by atomic mass is 16.7. The summed E-state index contributed by atoms with van der Waals surface area (Å²) < 4.78 is 44.1. The molecule has 0 unspecified atom stereocenters. The number of rotatable bonds is 8. The summed E-state index contributed by atoms with van der Waals surface area (Å²) in [5, 5.41) is 59.8. The summed E-state index contributed by atoms with van der Waals surface area (Å²) in [5.41, 5.74) is -3.99. The molecule has 18 atom stereocenters. The molecule has 3 saturated heterocycles. The fraction of sp³-hybridized carbons (Fsp3) is 0.947. The maximum absolute atomic E-state index is 14.2. The quantitative estimate of drug-likeness (QED) is 0.137. The first kappa shape index (κ1) is 45.9. The zero-order chi connectivity index (χ0) is 40.4. The van der Waals surface area contributed by atoms with Gasteiger partial charge in [0.1, 0.15) is 23.9 Å². The van der Waals surface area contributed by atoms with Crippen molar-refractivity contribution < 1.29 is 63.6 Å². The number of hydrogen-bond donors (Lipinski definition) is 5. The van der Waals surface area contributed by atoms with Crippen LogP contribution in [0.4, 0.5) is 0 Å². The smallest absolute Gasteiger partial charge is 0.311 e. The lowest BCUT2D eigenvalue weighted by atomic mass is 9.73. The average Bonchev–Trinajstić information content (AvgIpc) is 3.10. The highest BCUT2D eigenvalue weighted by Crippen LogP contribution is 2.42. The predicted octanol–water partition coefficient (Wildman–Crippen LogP) is 2.70. The highest BCUT2D eigenvalue weighted by Gasteiger charge is 2.54. The molecule has 3 aliphatic heterocycles. The number of oxime groups is 1. The molecule has 0 aromatic carbocycles. The minimum atomic E-state index is -1.94. The lowest BCUT2D eigenvalue weighted by Gasteiger charge is -2.50. The van der Waals surface area contributed by atoms with E-state index in [2.05, 4.69) is 5.16 Å². The number of hydrogen-bond acceptors (Lipinski definition) is 15. The van der Waals surface area contributed by atoms with Crippen LogP contribution in [0.1, 0.15) is 94.9 Å². The second-order valence-corrected chi connectivity index (χ2v) is 16.8. The van der Waals surface area contributed by atoms with Crippen LogP contribution in [0.5, 0.6) is 0 Å². The summed E-state index contributed by atoms with van der Waals surface area (Å²) in [6, 6.07) is -0.282. The first-order valence-electron chi connectivity index (χ1n) is 19.1. The normalized spacial score (nSPS) is 49.1. The summed E-state index contributed by atoms with van der Waals surface area (Å²) in [6.45, 7) is 17.3. The Morgan fingerprint density at radius 3 is 2.02 bits per heavy atom. The predicted molar refractivity (Wildman–Crippen MR) is 195 cm³/mol. The molecular weight excluding hydrogens is 692 g/mol. The van der Waals surface area contributed by atoms with Crippen molar-refractivity contribution in [1.29, 1.82) is 0 Å². The standard InChI is InChI=1S/C38H70N2O13/c1-15-26-38(10,45)31(42)21(4)28(39-46)19(2)17-37(9,48-14)33(53-35-29(41)25(40(11)12)16-20(3)49-35)22(5)30(23(6)34(44)51-26)52-27-18-36(8,47-13)32(43)24(7)50-27/h19-27,29-33,35,41-43,45-46H,15-18H2,1-14H3/t19-,20-,21+,22-,23-,24+,25+,26-,27+,29-,30+,31+,32+,33-,35+,36-,37-,38-/m1/s1. The number of aliphatic hydroxyl groups excluding tert-OH is 3. The van der Waals surface area contributed by atoms with Crippen molar-refractivity contribution in [3.63, 3.8) is 0 Å². The van der Waals surface area contributed by atoms with E-state index in [1.54, 1.807) is 34.6 Å². The van der Waals surface area contributed by atoms with Crippen LogP contribution in [-0.4, -0.2) is 155 Å². The third-order valence-electron chi connectivity index (χ3n) is 12.4. The summed E-state index contributed by atoms with van der Waals surface area (Å²) in [7, 11) is 6.80. The Balaban J connectivity index is 2.25. The molecule has 0 aromatic rings. The second kappa shape index (κ2) is 18.2. The van der Waals surface area contributed by atoms with Gasteiger partial charge < -0.3 is 63.7 Å². The summed E-state index contributed by atoms with van der Waals surface area (Å²) >= 11 is 0. The van der Waals surface area contributed by atoms with E-state index in [1.165, 1.54) is 21.1 Å². The van der Waals surface area contributed by atoms with Crippen LogP contribution in [0.3, 0.4) is 0 Å². The molecule has 15 heteroatoms. The maximum atomic E-state index is 14.2. The van der Waals surface area contributed by atoms with E-state index >= 15 is 0 Å². The molecule has 3 rings (SSSR count). The van der Waals surface area contributed by atoms with Gasteiger partial charge in [0.25, 0.3) is 0 Å². The Labute approximate surface area is 316 Å². The van der Waals surface area contributed by atoms with E-state index in [0.29, 0.717) is 6.42 Å². The van der Waals surface area contributed by atoms with Crippen molar-refractivity contribution in [3.05, 3.63) is 0 Å². The van der Waals surface area contributed by atoms with Gasteiger partial charge in [-0.25, -0.2) is 0 Å². The Bertz CT molecular complexity index is 1220. The van der Waals surface area contributed by atoms with Crippen LogP contribution >= 0.6 is 0 Å². The minimum Gasteiger partial charge on any atom is -0.459 e. The molecule has 0 bridgehead atoms. The van der Waals surface area contributed by atoms with Gasteiger partial charge in [0.05, 0.1) is 53.4 Å². The number of nitrogens with zero attached hydrogens (tertiary/aromatic N) is 2. The van der Waals surface area contributed by atoms with Gasteiger partial charge in [-0.2, -0.15) is 0 Å². The van der Waals surface area contributed by atoms with E-state index in [-0.39, 0.29) is 37.1 Å². The molecule has 310 valence electrons. The van der Waals surface area contributed by atoms with Gasteiger partial charge in [-0.15, -0.1) is 0 Å². The van der Waals surface area contributed by atoms with E-state index in [1.807, 2.05) is 46.7 Å². The fourth-order valence-corrected chi connectivity index (χ4v) is 8.78. The van der Waals surface area contributed by atoms with E-state index < -0.39 is 102 Å². The zero-order valence-electron chi connectivity index (χ0n) is 34.4. The van der Waals surface area contributed by atoms with Crippen LogP contribution in [0, 0.1) is 23.7 Å². The Hall–Kier alpha value is -1.50. The van der Waals surface area contributed by atoms with Crippen LogP contribution in [-0.2, 0) is 38.0 Å². The van der Waals surface area contributed by atoms with Gasteiger partial charge in [-0.3, -0.25) is 4.79 Å². The molecule has 3 aliphatic rings. The number of carbonyl (C=O) groups excluding carboxylic acids is 1. The van der Waals surface area contributed by atoms with Gasteiger partial charge in [0.15, 0.2) is 12.6 Å². The van der Waals surface area contributed by atoms with Gasteiger partial charge in [-0.1, -0.05) is 32.9 Å². The van der Waals surface area contributed by atoms with E-state index in [0.717, 1.165) is 0 Å². The van der Waals surface area contributed by atoms with E-state index in [4.69, 9.17) is 33.2 Å². The molecule has 0 aromatic heterocycles. The van der Waals surface area contributed by atoms with Crippen LogP contribution in [0.2, 0.25) is 0 Å².